The monoisotopic (exact) mass is 358 g/mol. The highest BCUT2D eigenvalue weighted by Crippen LogP contribution is 2.20. The Morgan fingerprint density at radius 3 is 2.56 bits per heavy atom. The highest BCUT2D eigenvalue weighted by atomic mass is 35.5. The lowest BCUT2D eigenvalue weighted by atomic mass is 10.1. The molecule has 2 aromatic rings. The number of carbonyl (C=O) groups is 2. The number of aromatic hydroxyl groups is 1. The average Bonchev–Trinajstić information content (AvgIpc) is 2.57. The zero-order valence-corrected chi connectivity index (χ0v) is 14.1. The van der Waals surface area contributed by atoms with Crippen molar-refractivity contribution in [2.24, 2.45) is 0 Å². The molecule has 0 heterocycles. The van der Waals surface area contributed by atoms with Crippen molar-refractivity contribution in [3.63, 3.8) is 0 Å². The molecule has 0 aliphatic rings. The van der Waals surface area contributed by atoms with Crippen LogP contribution in [0.5, 0.6) is 5.75 Å². The number of hydrogen-bond acceptors (Lipinski definition) is 5. The number of nitriles is 1. The van der Waals surface area contributed by atoms with E-state index in [-0.39, 0.29) is 17.2 Å². The predicted molar refractivity (Wildman–Crippen MR) is 92.2 cm³/mol. The largest absolute Gasteiger partial charge is 0.508 e. The Morgan fingerprint density at radius 2 is 1.96 bits per heavy atom. The lowest BCUT2D eigenvalue weighted by Gasteiger charge is -2.14. The molecule has 7 heteroatoms. The molecule has 0 fully saturated rings. The summed E-state index contributed by atoms with van der Waals surface area (Å²) < 4.78 is 5.09. The second kappa shape index (κ2) is 8.18. The number of amides is 1. The van der Waals surface area contributed by atoms with Gasteiger partial charge in [-0.25, -0.2) is 0 Å². The number of nitrogens with zero attached hydrogens (tertiary/aromatic N) is 1. The van der Waals surface area contributed by atoms with E-state index in [1.165, 1.54) is 37.3 Å². The van der Waals surface area contributed by atoms with Crippen molar-refractivity contribution in [1.29, 1.82) is 5.26 Å². The molecule has 0 spiro atoms. The topological polar surface area (TPSA) is 99.4 Å². The quantitative estimate of drug-likeness (QED) is 0.800. The number of phenols is 1. The fourth-order valence-corrected chi connectivity index (χ4v) is 2.22. The van der Waals surface area contributed by atoms with Gasteiger partial charge in [-0.2, -0.15) is 5.26 Å². The summed E-state index contributed by atoms with van der Waals surface area (Å²) in [5.41, 5.74) is 1.36. The van der Waals surface area contributed by atoms with E-state index in [1.807, 2.05) is 6.07 Å². The second-order valence-electron chi connectivity index (χ2n) is 5.27. The van der Waals surface area contributed by atoms with Crippen LogP contribution in [-0.2, 0) is 20.7 Å². The summed E-state index contributed by atoms with van der Waals surface area (Å²) in [6.45, 7) is 1.45. The lowest BCUT2D eigenvalue weighted by molar-refractivity contribution is -0.152. The van der Waals surface area contributed by atoms with Crippen LogP contribution in [-0.4, -0.2) is 23.1 Å². The highest BCUT2D eigenvalue weighted by Gasteiger charge is 2.18. The van der Waals surface area contributed by atoms with E-state index in [4.69, 9.17) is 21.6 Å². The van der Waals surface area contributed by atoms with Crippen molar-refractivity contribution in [2.45, 2.75) is 19.4 Å². The Kier molecular flexibility index (Phi) is 5.98. The number of halogens is 1. The maximum absolute atomic E-state index is 12.1. The van der Waals surface area contributed by atoms with E-state index < -0.39 is 18.0 Å². The number of ether oxygens (including phenoxy) is 1. The molecule has 1 amide bonds. The van der Waals surface area contributed by atoms with E-state index >= 15 is 0 Å². The summed E-state index contributed by atoms with van der Waals surface area (Å²) in [6.07, 6.45) is -1.01. The summed E-state index contributed by atoms with van der Waals surface area (Å²) >= 11 is 5.90. The third-order valence-corrected chi connectivity index (χ3v) is 3.63. The van der Waals surface area contributed by atoms with Crippen molar-refractivity contribution in [1.82, 2.24) is 0 Å². The number of benzene rings is 2. The van der Waals surface area contributed by atoms with E-state index in [0.717, 1.165) is 0 Å². The minimum absolute atomic E-state index is 0.0133. The maximum atomic E-state index is 12.1. The van der Waals surface area contributed by atoms with Gasteiger partial charge in [-0.05, 0) is 42.8 Å². The van der Waals surface area contributed by atoms with Crippen molar-refractivity contribution in [2.75, 3.05) is 5.32 Å². The van der Waals surface area contributed by atoms with E-state index in [0.29, 0.717) is 16.8 Å². The SMILES string of the molecule is C[C@H](OC(=O)Cc1ccc(O)cc1)C(=O)Nc1ccc(C#N)c(Cl)c1. The van der Waals surface area contributed by atoms with Crippen LogP contribution < -0.4 is 5.32 Å². The first-order chi connectivity index (χ1) is 11.9. The molecule has 0 aromatic heterocycles. The Morgan fingerprint density at radius 1 is 1.28 bits per heavy atom. The molecule has 2 N–H and O–H groups in total. The highest BCUT2D eigenvalue weighted by molar-refractivity contribution is 6.32. The van der Waals surface area contributed by atoms with Gasteiger partial charge in [0.05, 0.1) is 17.0 Å². The lowest BCUT2D eigenvalue weighted by Crippen LogP contribution is -2.30. The number of esters is 1. The average molecular weight is 359 g/mol. The van der Waals surface area contributed by atoms with Crippen LogP contribution in [0.15, 0.2) is 42.5 Å². The first kappa shape index (κ1) is 18.3. The van der Waals surface area contributed by atoms with E-state index in [1.54, 1.807) is 12.1 Å². The number of hydrogen-bond donors (Lipinski definition) is 2. The molecular formula is C18H15ClN2O4. The summed E-state index contributed by atoms with van der Waals surface area (Å²) in [4.78, 5) is 24.0. The smallest absolute Gasteiger partial charge is 0.311 e. The van der Waals surface area contributed by atoms with Crippen LogP contribution in [0.4, 0.5) is 5.69 Å². The maximum Gasteiger partial charge on any atom is 0.311 e. The molecular weight excluding hydrogens is 344 g/mol. The summed E-state index contributed by atoms with van der Waals surface area (Å²) in [5, 5.41) is 20.8. The van der Waals surface area contributed by atoms with Gasteiger partial charge in [-0.3, -0.25) is 9.59 Å². The first-order valence-corrected chi connectivity index (χ1v) is 7.74. The number of rotatable bonds is 5. The molecule has 0 saturated carbocycles. The Bertz CT molecular complexity index is 828. The van der Waals surface area contributed by atoms with E-state index in [2.05, 4.69) is 5.32 Å². The van der Waals surface area contributed by atoms with Gasteiger partial charge >= 0.3 is 5.97 Å². The van der Waals surface area contributed by atoms with Crippen LogP contribution in [0, 0.1) is 11.3 Å². The van der Waals surface area contributed by atoms with Crippen molar-refractivity contribution in [3.8, 4) is 11.8 Å². The van der Waals surface area contributed by atoms with Crippen molar-refractivity contribution < 1.29 is 19.4 Å². The van der Waals surface area contributed by atoms with Gasteiger partial charge in [-0.15, -0.1) is 0 Å². The van der Waals surface area contributed by atoms with Crippen molar-refractivity contribution in [3.05, 3.63) is 58.6 Å². The standard InChI is InChI=1S/C18H15ClN2O4/c1-11(25-17(23)8-12-2-6-15(22)7-3-12)18(24)21-14-5-4-13(10-20)16(19)9-14/h2-7,9,11,22H,8H2,1H3,(H,21,24)/t11-/m0/s1. The number of anilines is 1. The molecule has 0 bridgehead atoms. The summed E-state index contributed by atoms with van der Waals surface area (Å²) in [5.74, 6) is -0.975. The number of carbonyl (C=O) groups excluding carboxylic acids is 2. The van der Waals surface area contributed by atoms with Crippen LogP contribution in [0.3, 0.4) is 0 Å². The molecule has 0 radical (unpaired) electrons. The van der Waals surface area contributed by atoms with Crippen LogP contribution in [0.25, 0.3) is 0 Å². The number of nitrogens with one attached hydrogen (secondary N) is 1. The molecule has 25 heavy (non-hydrogen) atoms. The Hall–Kier alpha value is -3.04. The molecule has 2 rings (SSSR count). The normalized spacial score (nSPS) is 11.2. The molecule has 0 aliphatic carbocycles. The van der Waals surface area contributed by atoms with Gasteiger partial charge in [0.25, 0.3) is 5.91 Å². The Labute approximate surface area is 149 Å². The van der Waals surface area contributed by atoms with Gasteiger partial charge in [0.15, 0.2) is 6.10 Å². The van der Waals surface area contributed by atoms with Crippen LogP contribution >= 0.6 is 11.6 Å². The molecule has 2 aromatic carbocycles. The third-order valence-electron chi connectivity index (χ3n) is 3.32. The van der Waals surface area contributed by atoms with Crippen LogP contribution in [0.1, 0.15) is 18.1 Å². The fourth-order valence-electron chi connectivity index (χ4n) is 2.00. The third kappa shape index (κ3) is 5.23. The summed E-state index contributed by atoms with van der Waals surface area (Å²) in [6, 6.07) is 12.5. The molecule has 1 atom stereocenters. The predicted octanol–water partition coefficient (Wildman–Crippen LogP) is 3.03. The molecule has 0 aliphatic heterocycles. The van der Waals surface area contributed by atoms with Gasteiger partial charge in [-0.1, -0.05) is 23.7 Å². The van der Waals surface area contributed by atoms with Crippen LogP contribution in [0.2, 0.25) is 5.02 Å². The molecule has 6 nitrogen and oxygen atoms in total. The minimum Gasteiger partial charge on any atom is -0.508 e. The molecule has 128 valence electrons. The zero-order chi connectivity index (χ0) is 18.4. The molecule has 0 saturated heterocycles. The summed E-state index contributed by atoms with van der Waals surface area (Å²) in [7, 11) is 0. The molecule has 0 unspecified atom stereocenters. The number of phenolic OH excluding ortho intramolecular Hbond substituents is 1. The first-order valence-electron chi connectivity index (χ1n) is 7.37. The van der Waals surface area contributed by atoms with Gasteiger partial charge in [0.2, 0.25) is 0 Å². The Balaban J connectivity index is 1.91. The van der Waals surface area contributed by atoms with E-state index in [9.17, 15) is 14.7 Å². The fraction of sp³-hybridized carbons (Fsp3) is 0.167. The zero-order valence-electron chi connectivity index (χ0n) is 13.3. The van der Waals surface area contributed by atoms with Crippen molar-refractivity contribution >= 4 is 29.2 Å². The minimum atomic E-state index is -1.00. The van der Waals surface area contributed by atoms with Gasteiger partial charge < -0.3 is 15.2 Å². The van der Waals surface area contributed by atoms with Gasteiger partial charge in [0.1, 0.15) is 11.8 Å². The second-order valence-corrected chi connectivity index (χ2v) is 5.68. The van der Waals surface area contributed by atoms with Gasteiger partial charge in [0, 0.05) is 5.69 Å².